The molecule has 0 aliphatic carbocycles. The molecule has 0 unspecified atom stereocenters. The minimum absolute atomic E-state index is 0.639. The van der Waals surface area contributed by atoms with Crippen molar-refractivity contribution in [3.63, 3.8) is 0 Å². The molecule has 0 rings (SSSR count). The lowest BCUT2D eigenvalue weighted by molar-refractivity contribution is -0.107. The molecule has 0 aliphatic rings. The molecular weight excluding hydrogens is 172 g/mol. The second-order valence-electron chi connectivity index (χ2n) is 1.18. The van der Waals surface area contributed by atoms with Crippen LogP contribution in [0.15, 0.2) is 12.7 Å². The van der Waals surface area contributed by atoms with Crippen LogP contribution in [0, 0.1) is 0 Å². The lowest BCUT2D eigenvalue weighted by Gasteiger charge is -1.51. The molecule has 0 amide bonds. The highest BCUT2D eigenvalue weighted by molar-refractivity contribution is 5.63. The quantitative estimate of drug-likeness (QED) is 0.478. The van der Waals surface area contributed by atoms with Crippen LogP contribution in [0.25, 0.3) is 0 Å². The van der Waals surface area contributed by atoms with E-state index in [1.54, 1.807) is 0 Å². The zero-order valence-electron chi connectivity index (χ0n) is 8.06. The zero-order chi connectivity index (χ0) is 11.5. The number of aldehydes is 3. The molecule has 76 valence electrons. The number of rotatable bonds is 2. The number of hydrogen-bond donors (Lipinski definition) is 0. The van der Waals surface area contributed by atoms with Crippen LogP contribution in [-0.4, -0.2) is 25.6 Å². The Hall–Kier alpha value is -1.58. The Bertz CT molecular complexity index is 104. The number of allylic oxidation sites excluding steroid dienone is 1. The Balaban J connectivity index is -0.0000000431. The van der Waals surface area contributed by atoms with Gasteiger partial charge >= 0.3 is 0 Å². The van der Waals surface area contributed by atoms with E-state index in [1.807, 2.05) is 13.7 Å². The van der Waals surface area contributed by atoms with E-state index in [4.69, 9.17) is 14.4 Å². The average molecular weight is 188 g/mol. The standard InChI is InChI=1S/C3H6O.C3H4O.C2H4O.CH2O/c2*1-2-3-4;1-2-3;1-2/h3H,2H2,1H3;2-3H,1H2;2H,1H3;1H2. The molecule has 0 bridgehead atoms. The topological polar surface area (TPSA) is 68.3 Å². The van der Waals surface area contributed by atoms with Gasteiger partial charge in [0.05, 0.1) is 0 Å². The van der Waals surface area contributed by atoms with Crippen LogP contribution < -0.4 is 0 Å². The van der Waals surface area contributed by atoms with Crippen molar-refractivity contribution in [2.24, 2.45) is 0 Å². The number of hydrogen-bond acceptors (Lipinski definition) is 4. The molecule has 0 heterocycles. The summed E-state index contributed by atoms with van der Waals surface area (Å²) in [5.41, 5.74) is 0. The van der Waals surface area contributed by atoms with Gasteiger partial charge in [-0.1, -0.05) is 13.5 Å². The molecular formula is C9H16O4. The van der Waals surface area contributed by atoms with Crippen LogP contribution in [0.4, 0.5) is 0 Å². The predicted octanol–water partition coefficient (Wildman–Crippen LogP) is 0.987. The fraction of sp³-hybridized carbons (Fsp3) is 0.333. The van der Waals surface area contributed by atoms with Gasteiger partial charge in [0.2, 0.25) is 0 Å². The molecule has 0 aromatic rings. The fourth-order valence-corrected chi connectivity index (χ4v) is 0. The van der Waals surface area contributed by atoms with E-state index >= 15 is 0 Å². The molecule has 0 spiro atoms. The summed E-state index contributed by atoms with van der Waals surface area (Å²) in [5, 5.41) is 0. The van der Waals surface area contributed by atoms with Gasteiger partial charge in [0.25, 0.3) is 0 Å². The van der Waals surface area contributed by atoms with Gasteiger partial charge in [0, 0.05) is 6.42 Å². The molecule has 0 aliphatic heterocycles. The largest absolute Gasteiger partial charge is 0.307 e. The summed E-state index contributed by atoms with van der Waals surface area (Å²) in [5.74, 6) is 0. The maximum atomic E-state index is 9.17. The average Bonchev–Trinajstić information content (AvgIpc) is 2.22. The maximum Gasteiger partial charge on any atom is 0.142 e. The summed E-state index contributed by atoms with van der Waals surface area (Å²) in [4.78, 5) is 35.0. The third-order valence-corrected chi connectivity index (χ3v) is 0.263. The molecule has 0 atom stereocenters. The van der Waals surface area contributed by atoms with Crippen molar-refractivity contribution in [3.8, 4) is 0 Å². The number of carbonyl (C=O) groups is 4. The van der Waals surface area contributed by atoms with Gasteiger partial charge in [-0.3, -0.25) is 4.79 Å². The lowest BCUT2D eigenvalue weighted by Crippen LogP contribution is -1.55. The molecule has 0 N–H and O–H groups in total. The van der Waals surface area contributed by atoms with Crippen LogP contribution in [0.3, 0.4) is 0 Å². The second-order valence-corrected chi connectivity index (χ2v) is 1.18. The Morgan fingerprint density at radius 2 is 1.31 bits per heavy atom. The van der Waals surface area contributed by atoms with Gasteiger partial charge in [0.1, 0.15) is 25.6 Å². The van der Waals surface area contributed by atoms with E-state index in [0.29, 0.717) is 12.7 Å². The van der Waals surface area contributed by atoms with Crippen molar-refractivity contribution in [2.75, 3.05) is 0 Å². The fourth-order valence-electron chi connectivity index (χ4n) is 0. The summed E-state index contributed by atoms with van der Waals surface area (Å²) in [6.45, 7) is 8.37. The lowest BCUT2D eigenvalue weighted by atomic mass is 10.6. The predicted molar refractivity (Wildman–Crippen MR) is 51.5 cm³/mol. The molecule has 0 aromatic heterocycles. The minimum Gasteiger partial charge on any atom is -0.307 e. The van der Waals surface area contributed by atoms with Crippen LogP contribution >= 0.6 is 0 Å². The van der Waals surface area contributed by atoms with Gasteiger partial charge in [-0.15, -0.1) is 0 Å². The highest BCUT2D eigenvalue weighted by atomic mass is 16.1. The Morgan fingerprint density at radius 1 is 1.15 bits per heavy atom. The van der Waals surface area contributed by atoms with Crippen molar-refractivity contribution < 1.29 is 19.2 Å². The van der Waals surface area contributed by atoms with Gasteiger partial charge in [-0.05, 0) is 13.0 Å². The van der Waals surface area contributed by atoms with Crippen molar-refractivity contribution in [1.29, 1.82) is 0 Å². The maximum absolute atomic E-state index is 9.17. The van der Waals surface area contributed by atoms with E-state index in [0.717, 1.165) is 12.6 Å². The molecule has 4 nitrogen and oxygen atoms in total. The smallest absolute Gasteiger partial charge is 0.142 e. The van der Waals surface area contributed by atoms with E-state index in [-0.39, 0.29) is 0 Å². The normalized spacial score (nSPS) is 4.77. The molecule has 4 heteroatoms. The first-order valence-electron chi connectivity index (χ1n) is 3.43. The first kappa shape index (κ1) is 22.5. The first-order valence-corrected chi connectivity index (χ1v) is 3.43. The molecule has 0 saturated carbocycles. The van der Waals surface area contributed by atoms with Crippen LogP contribution in [-0.2, 0) is 19.2 Å². The summed E-state index contributed by atoms with van der Waals surface area (Å²) >= 11 is 0. The third kappa shape index (κ3) is 4190. The van der Waals surface area contributed by atoms with E-state index in [9.17, 15) is 4.79 Å². The molecule has 0 aromatic carbocycles. The van der Waals surface area contributed by atoms with Gasteiger partial charge in [-0.2, -0.15) is 0 Å². The van der Waals surface area contributed by atoms with Crippen molar-refractivity contribution in [3.05, 3.63) is 12.7 Å². The van der Waals surface area contributed by atoms with Crippen LogP contribution in [0.5, 0.6) is 0 Å². The second kappa shape index (κ2) is 79.1. The van der Waals surface area contributed by atoms with Crippen molar-refractivity contribution in [1.82, 2.24) is 0 Å². The molecule has 0 saturated heterocycles. The molecule has 0 fully saturated rings. The Labute approximate surface area is 78.6 Å². The third-order valence-electron chi connectivity index (χ3n) is 0.263. The summed E-state index contributed by atoms with van der Waals surface area (Å²) < 4.78 is 0. The van der Waals surface area contributed by atoms with Crippen LogP contribution in [0.2, 0.25) is 0 Å². The number of carbonyl (C=O) groups excluding carboxylic acids is 4. The van der Waals surface area contributed by atoms with Crippen LogP contribution in [0.1, 0.15) is 20.3 Å². The van der Waals surface area contributed by atoms with E-state index in [2.05, 4.69) is 6.58 Å². The van der Waals surface area contributed by atoms with Gasteiger partial charge < -0.3 is 14.4 Å². The van der Waals surface area contributed by atoms with Crippen molar-refractivity contribution >= 4 is 25.6 Å². The zero-order valence-corrected chi connectivity index (χ0v) is 8.06. The first-order chi connectivity index (χ1) is 6.24. The summed E-state index contributed by atoms with van der Waals surface area (Å²) in [6.07, 6.45) is 4.10. The monoisotopic (exact) mass is 188 g/mol. The molecule has 0 radical (unpaired) electrons. The highest BCUT2D eigenvalue weighted by Gasteiger charge is 1.52. The van der Waals surface area contributed by atoms with Gasteiger partial charge in [-0.25, -0.2) is 0 Å². The van der Waals surface area contributed by atoms with E-state index in [1.165, 1.54) is 13.0 Å². The Kier molecular flexibility index (Phi) is 137. The minimum atomic E-state index is 0.639. The van der Waals surface area contributed by atoms with Crippen molar-refractivity contribution in [2.45, 2.75) is 20.3 Å². The Morgan fingerprint density at radius 3 is 1.31 bits per heavy atom. The summed E-state index contributed by atoms with van der Waals surface area (Å²) in [6, 6.07) is 0. The highest BCUT2D eigenvalue weighted by Crippen LogP contribution is 1.53. The SMILES string of the molecule is C=CC=O.C=O.CC=O.CCC=O. The van der Waals surface area contributed by atoms with Gasteiger partial charge in [0.15, 0.2) is 0 Å². The van der Waals surface area contributed by atoms with E-state index < -0.39 is 0 Å². The summed E-state index contributed by atoms with van der Waals surface area (Å²) in [7, 11) is 0. The molecule has 13 heavy (non-hydrogen) atoms.